The number of benzene rings is 1. The molecule has 1 saturated carbocycles. The maximum Gasteiger partial charge on any atom is 0.433 e. The van der Waals surface area contributed by atoms with Crippen molar-refractivity contribution in [2.45, 2.75) is 58.7 Å². The van der Waals surface area contributed by atoms with Gasteiger partial charge in [-0.15, -0.1) is 0 Å². The van der Waals surface area contributed by atoms with Crippen molar-refractivity contribution in [2.24, 2.45) is 11.3 Å². The van der Waals surface area contributed by atoms with Crippen LogP contribution in [0.2, 0.25) is 5.02 Å². The highest BCUT2D eigenvalue weighted by Gasteiger charge is 2.34. The third-order valence-corrected chi connectivity index (χ3v) is 5.55. The van der Waals surface area contributed by atoms with Gasteiger partial charge in [-0.25, -0.2) is 4.98 Å². The van der Waals surface area contributed by atoms with E-state index in [1.165, 1.54) is 12.5 Å². The lowest BCUT2D eigenvalue weighted by Gasteiger charge is -2.38. The van der Waals surface area contributed by atoms with Crippen LogP contribution < -0.4 is 5.32 Å². The molecule has 0 amide bonds. The normalized spacial score (nSPS) is 21.8. The first-order valence-corrected chi connectivity index (χ1v) is 9.36. The molecule has 0 spiro atoms. The van der Waals surface area contributed by atoms with Gasteiger partial charge < -0.3 is 5.32 Å². The van der Waals surface area contributed by atoms with Gasteiger partial charge in [-0.3, -0.25) is 0 Å². The van der Waals surface area contributed by atoms with E-state index in [1.54, 1.807) is 12.1 Å². The Morgan fingerprint density at radius 1 is 1.12 bits per heavy atom. The first kappa shape index (κ1) is 19.3. The van der Waals surface area contributed by atoms with Gasteiger partial charge in [0, 0.05) is 22.1 Å². The van der Waals surface area contributed by atoms with Crippen LogP contribution in [0.1, 0.15) is 52.1 Å². The number of pyridine rings is 1. The number of nitrogens with one attached hydrogen (secondary N) is 1. The second kappa shape index (κ2) is 6.91. The van der Waals surface area contributed by atoms with Crippen molar-refractivity contribution in [2.75, 3.05) is 5.32 Å². The van der Waals surface area contributed by atoms with Gasteiger partial charge in [0.15, 0.2) is 0 Å². The van der Waals surface area contributed by atoms with Gasteiger partial charge in [0.1, 0.15) is 5.69 Å². The number of fused-ring (bicyclic) bond motifs is 1. The number of nitrogens with zero attached hydrogens (tertiary/aromatic N) is 1. The topological polar surface area (TPSA) is 24.9 Å². The lowest BCUT2D eigenvalue weighted by atomic mass is 9.71. The molecule has 142 valence electrons. The predicted molar refractivity (Wildman–Crippen MR) is 101 cm³/mol. The van der Waals surface area contributed by atoms with Crippen LogP contribution in [0.25, 0.3) is 10.9 Å². The molecule has 1 aliphatic rings. The summed E-state index contributed by atoms with van der Waals surface area (Å²) in [5.74, 6) is 0.549. The summed E-state index contributed by atoms with van der Waals surface area (Å²) in [5.41, 5.74) is 0.0819. The minimum atomic E-state index is -4.48. The zero-order valence-corrected chi connectivity index (χ0v) is 16.0. The van der Waals surface area contributed by atoms with Crippen molar-refractivity contribution in [3.8, 4) is 0 Å². The maximum absolute atomic E-state index is 13.3. The van der Waals surface area contributed by atoms with Gasteiger partial charge in [-0.1, -0.05) is 38.8 Å². The van der Waals surface area contributed by atoms with Crippen molar-refractivity contribution in [1.82, 2.24) is 4.98 Å². The van der Waals surface area contributed by atoms with E-state index in [1.807, 2.05) is 0 Å². The smallest absolute Gasteiger partial charge is 0.382 e. The standard InChI is InChI=1S/C20H24ClF3N2/c1-19(2,3)12-5-4-6-14(9-12)25-17-11-18(20(22,23)24)26-16-8-7-13(21)10-15(16)17/h7-8,10-12,14H,4-6,9H2,1-3H3,(H,25,26)/t12-,14+/m1/s1. The van der Waals surface area contributed by atoms with Crippen LogP contribution >= 0.6 is 11.6 Å². The summed E-state index contributed by atoms with van der Waals surface area (Å²) >= 11 is 6.07. The van der Waals surface area contributed by atoms with Crippen LogP contribution in [0, 0.1) is 11.3 Å². The molecule has 1 heterocycles. The maximum atomic E-state index is 13.3. The molecule has 1 aromatic carbocycles. The fraction of sp³-hybridized carbons (Fsp3) is 0.550. The molecule has 1 aliphatic carbocycles. The zero-order chi connectivity index (χ0) is 19.1. The van der Waals surface area contributed by atoms with Crippen LogP contribution in [0.15, 0.2) is 24.3 Å². The van der Waals surface area contributed by atoms with Crippen LogP contribution in [0.5, 0.6) is 0 Å². The van der Waals surface area contributed by atoms with E-state index >= 15 is 0 Å². The summed E-state index contributed by atoms with van der Waals surface area (Å²) in [5, 5.41) is 4.48. The average molecular weight is 385 g/mol. The molecular weight excluding hydrogens is 361 g/mol. The number of hydrogen-bond donors (Lipinski definition) is 1. The minimum absolute atomic E-state index is 0.152. The van der Waals surface area contributed by atoms with Crippen molar-refractivity contribution in [1.29, 1.82) is 0 Å². The first-order chi connectivity index (χ1) is 12.0. The Bertz CT molecular complexity index is 796. The lowest BCUT2D eigenvalue weighted by molar-refractivity contribution is -0.140. The highest BCUT2D eigenvalue weighted by molar-refractivity contribution is 6.31. The minimum Gasteiger partial charge on any atom is -0.382 e. The Labute approximate surface area is 157 Å². The Hall–Kier alpha value is -1.49. The molecule has 2 nitrogen and oxygen atoms in total. The van der Waals surface area contributed by atoms with Gasteiger partial charge in [-0.05, 0) is 54.9 Å². The lowest BCUT2D eigenvalue weighted by Crippen LogP contribution is -2.33. The Morgan fingerprint density at radius 3 is 2.50 bits per heavy atom. The molecule has 1 N–H and O–H groups in total. The summed E-state index contributed by atoms with van der Waals surface area (Å²) in [6.45, 7) is 6.68. The van der Waals surface area contributed by atoms with Gasteiger partial charge in [0.2, 0.25) is 0 Å². The third kappa shape index (κ3) is 4.25. The van der Waals surface area contributed by atoms with Crippen molar-refractivity contribution in [3.63, 3.8) is 0 Å². The Morgan fingerprint density at radius 2 is 1.85 bits per heavy atom. The largest absolute Gasteiger partial charge is 0.433 e. The van der Waals surface area contributed by atoms with E-state index < -0.39 is 11.9 Å². The van der Waals surface area contributed by atoms with Gasteiger partial charge in [0.25, 0.3) is 0 Å². The van der Waals surface area contributed by atoms with E-state index in [0.29, 0.717) is 27.5 Å². The summed E-state index contributed by atoms with van der Waals surface area (Å²) in [4.78, 5) is 3.77. The molecule has 0 unspecified atom stereocenters. The van der Waals surface area contributed by atoms with E-state index in [2.05, 4.69) is 31.1 Å². The van der Waals surface area contributed by atoms with Crippen LogP contribution in [-0.2, 0) is 6.18 Å². The van der Waals surface area contributed by atoms with E-state index in [0.717, 1.165) is 25.3 Å². The fourth-order valence-corrected chi connectivity index (χ4v) is 3.96. The zero-order valence-electron chi connectivity index (χ0n) is 15.3. The van der Waals surface area contributed by atoms with Crippen LogP contribution in [-0.4, -0.2) is 11.0 Å². The molecule has 2 aromatic rings. The molecule has 26 heavy (non-hydrogen) atoms. The van der Waals surface area contributed by atoms with E-state index in [-0.39, 0.29) is 11.5 Å². The third-order valence-electron chi connectivity index (χ3n) is 5.32. The molecule has 0 bridgehead atoms. The number of halogens is 4. The molecule has 0 radical (unpaired) electrons. The molecule has 6 heteroatoms. The number of rotatable bonds is 2. The average Bonchev–Trinajstić information content (AvgIpc) is 2.53. The highest BCUT2D eigenvalue weighted by atomic mass is 35.5. The number of hydrogen-bond acceptors (Lipinski definition) is 2. The fourth-order valence-electron chi connectivity index (χ4n) is 3.79. The quantitative estimate of drug-likeness (QED) is 0.607. The molecule has 2 atom stereocenters. The summed E-state index contributed by atoms with van der Waals surface area (Å²) < 4.78 is 39.8. The SMILES string of the molecule is CC(C)(C)[C@@H]1CCC[C@H](Nc2cc(C(F)(F)F)nc3ccc(Cl)cc23)C1. The first-order valence-electron chi connectivity index (χ1n) is 8.98. The summed E-state index contributed by atoms with van der Waals surface area (Å²) in [6.07, 6.45) is -0.327. The molecular formula is C20H24ClF3N2. The van der Waals surface area contributed by atoms with Crippen LogP contribution in [0.3, 0.4) is 0 Å². The summed E-state index contributed by atoms with van der Waals surface area (Å²) in [6, 6.07) is 6.04. The van der Waals surface area contributed by atoms with Gasteiger partial charge in [0.05, 0.1) is 5.52 Å². The molecule has 1 fully saturated rings. The highest BCUT2D eigenvalue weighted by Crippen LogP contribution is 2.40. The van der Waals surface area contributed by atoms with E-state index in [9.17, 15) is 13.2 Å². The number of aromatic nitrogens is 1. The van der Waals surface area contributed by atoms with Crippen molar-refractivity contribution in [3.05, 3.63) is 35.0 Å². The molecule has 1 aromatic heterocycles. The number of anilines is 1. The van der Waals surface area contributed by atoms with E-state index in [4.69, 9.17) is 11.6 Å². The number of alkyl halides is 3. The van der Waals surface area contributed by atoms with Crippen LogP contribution in [0.4, 0.5) is 18.9 Å². The molecule has 0 saturated heterocycles. The van der Waals surface area contributed by atoms with Gasteiger partial charge >= 0.3 is 6.18 Å². The second-order valence-electron chi connectivity index (χ2n) is 8.29. The predicted octanol–water partition coefficient (Wildman–Crippen LogP) is 6.92. The molecule has 0 aliphatic heterocycles. The van der Waals surface area contributed by atoms with Crippen molar-refractivity contribution < 1.29 is 13.2 Å². The monoisotopic (exact) mass is 384 g/mol. The molecule has 3 rings (SSSR count). The Kier molecular flexibility index (Phi) is 5.13. The van der Waals surface area contributed by atoms with Gasteiger partial charge in [-0.2, -0.15) is 13.2 Å². The summed E-state index contributed by atoms with van der Waals surface area (Å²) in [7, 11) is 0. The van der Waals surface area contributed by atoms with Crippen molar-refractivity contribution >= 4 is 28.2 Å². The Balaban J connectivity index is 1.96. The second-order valence-corrected chi connectivity index (χ2v) is 8.72.